The summed E-state index contributed by atoms with van der Waals surface area (Å²) in [4.78, 5) is 15.2. The molecule has 1 amide bonds. The summed E-state index contributed by atoms with van der Waals surface area (Å²) in [5.41, 5.74) is 7.60. The zero-order chi connectivity index (χ0) is 17.5. The molecule has 0 atom stereocenters. The van der Waals surface area contributed by atoms with E-state index in [2.05, 4.69) is 22.3 Å². The molecule has 5 nitrogen and oxygen atoms in total. The normalized spacial score (nSPS) is 19.4. The van der Waals surface area contributed by atoms with Crippen LogP contribution in [0, 0.1) is 5.41 Å². The average Bonchev–Trinajstić information content (AvgIpc) is 2.68. The van der Waals surface area contributed by atoms with Crippen molar-refractivity contribution >= 4 is 36.4 Å². The van der Waals surface area contributed by atoms with Crippen LogP contribution in [0.3, 0.4) is 0 Å². The van der Waals surface area contributed by atoms with Gasteiger partial charge in [0, 0.05) is 32.0 Å². The molecule has 0 aliphatic carbocycles. The van der Waals surface area contributed by atoms with E-state index in [4.69, 9.17) is 10.5 Å². The van der Waals surface area contributed by atoms with Crippen LogP contribution >= 0.6 is 24.8 Å². The monoisotopic (exact) mass is 417 g/mol. The number of carbonyl (C=O) groups excluding carboxylic acids is 1. The lowest BCUT2D eigenvalue weighted by atomic mass is 9.79. The first-order chi connectivity index (χ1) is 12.2. The fourth-order valence-electron chi connectivity index (χ4n) is 3.77. The van der Waals surface area contributed by atoms with Gasteiger partial charge in [0.2, 0.25) is 5.91 Å². The molecule has 1 aromatic rings. The number of hydrogen-bond acceptors (Lipinski definition) is 4. The molecule has 0 unspecified atom stereocenters. The Morgan fingerprint density at radius 1 is 1.07 bits per heavy atom. The number of piperidine rings is 1. The maximum atomic E-state index is 12.7. The van der Waals surface area contributed by atoms with Crippen LogP contribution in [0.25, 0.3) is 0 Å². The lowest BCUT2D eigenvalue weighted by Gasteiger charge is -2.34. The summed E-state index contributed by atoms with van der Waals surface area (Å²) in [6, 6.07) is 8.26. The summed E-state index contributed by atoms with van der Waals surface area (Å²) in [6.45, 7) is 5.19. The van der Waals surface area contributed by atoms with Gasteiger partial charge < -0.3 is 20.7 Å². The van der Waals surface area contributed by atoms with Crippen LogP contribution in [0.1, 0.15) is 37.7 Å². The number of halogens is 2. The third kappa shape index (κ3) is 6.61. The summed E-state index contributed by atoms with van der Waals surface area (Å²) in [5, 5.41) is 3.05. The van der Waals surface area contributed by atoms with Crippen LogP contribution < -0.4 is 11.1 Å². The first-order valence-electron chi connectivity index (χ1n) is 9.62. The largest absolute Gasteiger partial charge is 0.381 e. The van der Waals surface area contributed by atoms with Crippen LogP contribution in [0.4, 0.5) is 5.69 Å². The fraction of sp³-hybridized carbons (Fsp3) is 0.650. The van der Waals surface area contributed by atoms with Crippen LogP contribution in [0.2, 0.25) is 0 Å². The van der Waals surface area contributed by atoms with Gasteiger partial charge >= 0.3 is 0 Å². The molecule has 154 valence electrons. The van der Waals surface area contributed by atoms with E-state index in [1.807, 2.05) is 12.1 Å². The van der Waals surface area contributed by atoms with Crippen LogP contribution in [0.15, 0.2) is 24.3 Å². The minimum Gasteiger partial charge on any atom is -0.381 e. The Hall–Kier alpha value is -0.850. The first-order valence-corrected chi connectivity index (χ1v) is 9.62. The van der Waals surface area contributed by atoms with E-state index < -0.39 is 5.41 Å². The van der Waals surface area contributed by atoms with Crippen molar-refractivity contribution < 1.29 is 9.53 Å². The highest BCUT2D eigenvalue weighted by Crippen LogP contribution is 2.31. The maximum absolute atomic E-state index is 12.7. The van der Waals surface area contributed by atoms with E-state index >= 15 is 0 Å². The Morgan fingerprint density at radius 2 is 1.70 bits per heavy atom. The minimum atomic E-state index is -0.481. The Morgan fingerprint density at radius 3 is 2.30 bits per heavy atom. The number of amides is 1. The molecule has 3 rings (SSSR count). The second-order valence-electron chi connectivity index (χ2n) is 7.40. The molecule has 27 heavy (non-hydrogen) atoms. The van der Waals surface area contributed by atoms with E-state index in [0.717, 1.165) is 18.7 Å². The maximum Gasteiger partial charge on any atom is 0.232 e. The van der Waals surface area contributed by atoms with Crippen molar-refractivity contribution in [2.45, 2.75) is 38.5 Å². The second-order valence-corrected chi connectivity index (χ2v) is 7.40. The molecule has 0 bridgehead atoms. The van der Waals surface area contributed by atoms with Gasteiger partial charge in [-0.25, -0.2) is 0 Å². The van der Waals surface area contributed by atoms with E-state index in [1.165, 1.54) is 37.9 Å². The Balaban J connectivity index is 0.00000182. The highest BCUT2D eigenvalue weighted by molar-refractivity contribution is 5.95. The Kier molecular flexibility index (Phi) is 10.6. The van der Waals surface area contributed by atoms with Gasteiger partial charge in [0.25, 0.3) is 0 Å². The molecule has 0 aromatic heterocycles. The number of rotatable bonds is 6. The number of nitrogens with one attached hydrogen (secondary N) is 1. The second kappa shape index (κ2) is 11.9. The number of carbonyl (C=O) groups is 1. The van der Waals surface area contributed by atoms with E-state index in [1.54, 1.807) is 0 Å². The number of nitrogens with two attached hydrogens (primary N) is 1. The van der Waals surface area contributed by atoms with Crippen LogP contribution in [0.5, 0.6) is 0 Å². The highest BCUT2D eigenvalue weighted by atomic mass is 35.5. The fourth-order valence-corrected chi connectivity index (χ4v) is 3.77. The zero-order valence-electron chi connectivity index (χ0n) is 16.0. The van der Waals surface area contributed by atoms with Gasteiger partial charge in [0.05, 0.1) is 5.41 Å². The number of benzene rings is 1. The van der Waals surface area contributed by atoms with Gasteiger partial charge in [-0.1, -0.05) is 18.6 Å². The molecule has 2 aliphatic rings. The minimum absolute atomic E-state index is 0. The van der Waals surface area contributed by atoms with Crippen molar-refractivity contribution in [3.05, 3.63) is 29.8 Å². The Bertz CT molecular complexity index is 557. The van der Waals surface area contributed by atoms with Gasteiger partial charge in [-0.05, 0) is 62.9 Å². The standard InChI is InChI=1S/C20H31N3O2.2ClH/c21-16-20(9-14-25-15-10-20)19(24)22-18-6-4-17(5-7-18)8-13-23-11-2-1-3-12-23;;/h4-7H,1-3,8-16,21H2,(H,22,24);2*1H. The topological polar surface area (TPSA) is 67.6 Å². The molecular weight excluding hydrogens is 385 g/mol. The average molecular weight is 418 g/mol. The molecule has 1 aromatic carbocycles. The number of ether oxygens (including phenoxy) is 1. The molecule has 2 aliphatic heterocycles. The summed E-state index contributed by atoms with van der Waals surface area (Å²) < 4.78 is 5.38. The van der Waals surface area contributed by atoms with Gasteiger partial charge in [-0.2, -0.15) is 0 Å². The van der Waals surface area contributed by atoms with Gasteiger partial charge in [0.15, 0.2) is 0 Å². The van der Waals surface area contributed by atoms with Crippen molar-refractivity contribution in [3.8, 4) is 0 Å². The summed E-state index contributed by atoms with van der Waals surface area (Å²) in [6.07, 6.45) is 6.50. The van der Waals surface area contributed by atoms with Crippen molar-refractivity contribution in [2.75, 3.05) is 44.7 Å². The SMILES string of the molecule is Cl.Cl.NCC1(C(=O)Nc2ccc(CCN3CCCCC3)cc2)CCOCC1. The zero-order valence-corrected chi connectivity index (χ0v) is 17.6. The number of nitrogens with zero attached hydrogens (tertiary/aromatic N) is 1. The van der Waals surface area contributed by atoms with Crippen LogP contribution in [-0.2, 0) is 16.0 Å². The van der Waals surface area contributed by atoms with Crippen molar-refractivity contribution in [1.82, 2.24) is 4.90 Å². The lowest BCUT2D eigenvalue weighted by Crippen LogP contribution is -2.46. The third-order valence-corrected chi connectivity index (χ3v) is 5.70. The van der Waals surface area contributed by atoms with Gasteiger partial charge in [-0.3, -0.25) is 4.79 Å². The summed E-state index contributed by atoms with van der Waals surface area (Å²) >= 11 is 0. The van der Waals surface area contributed by atoms with Gasteiger partial charge in [-0.15, -0.1) is 24.8 Å². The van der Waals surface area contributed by atoms with Gasteiger partial charge in [0.1, 0.15) is 0 Å². The van der Waals surface area contributed by atoms with Crippen molar-refractivity contribution in [3.63, 3.8) is 0 Å². The molecule has 2 saturated heterocycles. The first kappa shape index (κ1) is 24.2. The smallest absolute Gasteiger partial charge is 0.232 e. The molecule has 0 saturated carbocycles. The van der Waals surface area contributed by atoms with E-state index in [0.29, 0.717) is 32.6 Å². The van der Waals surface area contributed by atoms with E-state index in [9.17, 15) is 4.79 Å². The number of hydrogen-bond donors (Lipinski definition) is 2. The lowest BCUT2D eigenvalue weighted by molar-refractivity contribution is -0.130. The van der Waals surface area contributed by atoms with E-state index in [-0.39, 0.29) is 30.7 Å². The van der Waals surface area contributed by atoms with Crippen molar-refractivity contribution in [2.24, 2.45) is 11.1 Å². The summed E-state index contributed by atoms with van der Waals surface area (Å²) in [7, 11) is 0. The number of anilines is 1. The molecule has 0 radical (unpaired) electrons. The molecule has 2 heterocycles. The molecule has 7 heteroatoms. The number of likely N-dealkylation sites (tertiary alicyclic amines) is 1. The molecule has 3 N–H and O–H groups in total. The summed E-state index contributed by atoms with van der Waals surface area (Å²) in [5.74, 6) is 0.0272. The quantitative estimate of drug-likeness (QED) is 0.744. The highest BCUT2D eigenvalue weighted by Gasteiger charge is 2.38. The Labute approximate surface area is 175 Å². The molecule has 2 fully saturated rings. The third-order valence-electron chi connectivity index (χ3n) is 5.70. The molecule has 0 spiro atoms. The predicted molar refractivity (Wildman–Crippen MR) is 115 cm³/mol. The van der Waals surface area contributed by atoms with Crippen molar-refractivity contribution in [1.29, 1.82) is 0 Å². The predicted octanol–water partition coefficient (Wildman–Crippen LogP) is 3.25. The molecular formula is C20H33Cl2N3O2. The van der Waals surface area contributed by atoms with Crippen LogP contribution in [-0.4, -0.2) is 50.2 Å².